The van der Waals surface area contributed by atoms with Gasteiger partial charge in [0, 0.05) is 7.05 Å². The highest BCUT2D eigenvalue weighted by atomic mass is 35.5. The van der Waals surface area contributed by atoms with Crippen molar-refractivity contribution in [3.8, 4) is 0 Å². The van der Waals surface area contributed by atoms with E-state index in [9.17, 15) is 9.59 Å². The highest BCUT2D eigenvalue weighted by molar-refractivity contribution is 6.14. The van der Waals surface area contributed by atoms with Crippen molar-refractivity contribution in [1.82, 2.24) is 9.74 Å². The number of nitrogens with one attached hydrogen (secondary N) is 1. The molecule has 0 saturated heterocycles. The van der Waals surface area contributed by atoms with E-state index in [2.05, 4.69) is 5.32 Å². The molecule has 1 amide bonds. The third-order valence-electron chi connectivity index (χ3n) is 3.12. The van der Waals surface area contributed by atoms with E-state index in [1.807, 2.05) is 44.2 Å². The van der Waals surface area contributed by atoms with Crippen LogP contribution in [0.3, 0.4) is 0 Å². The van der Waals surface area contributed by atoms with Crippen LogP contribution >= 0.6 is 11.8 Å². The second-order valence-corrected chi connectivity index (χ2v) is 5.62. The van der Waals surface area contributed by atoms with Gasteiger partial charge in [0.25, 0.3) is 0 Å². The first-order valence-electron chi connectivity index (χ1n) is 6.77. The van der Waals surface area contributed by atoms with Crippen LogP contribution in [0.4, 0.5) is 0 Å². The zero-order valence-corrected chi connectivity index (χ0v) is 13.2. The molecule has 0 saturated carbocycles. The molecule has 1 N–H and O–H groups in total. The van der Waals surface area contributed by atoms with Crippen LogP contribution in [-0.2, 0) is 14.3 Å². The topological polar surface area (TPSA) is 58.6 Å². The van der Waals surface area contributed by atoms with Crippen molar-refractivity contribution in [1.29, 1.82) is 0 Å². The van der Waals surface area contributed by atoms with Crippen LogP contribution in [0.15, 0.2) is 30.3 Å². The second-order valence-electron chi connectivity index (χ2n) is 5.09. The Hall–Kier alpha value is -1.59. The zero-order valence-electron chi connectivity index (χ0n) is 12.5. The molecule has 1 aromatic carbocycles. The minimum absolute atomic E-state index is 0.0224. The first-order chi connectivity index (χ1) is 9.97. The maximum Gasteiger partial charge on any atom is 0.325 e. The largest absolute Gasteiger partial charge is 0.462 e. The van der Waals surface area contributed by atoms with Gasteiger partial charge in [-0.1, -0.05) is 44.2 Å². The van der Waals surface area contributed by atoms with E-state index in [1.165, 1.54) is 4.42 Å². The van der Waals surface area contributed by atoms with E-state index in [4.69, 9.17) is 16.5 Å². The molecule has 0 fully saturated rings. The molecule has 0 radical (unpaired) electrons. The number of benzene rings is 1. The van der Waals surface area contributed by atoms with Crippen LogP contribution < -0.4 is 5.32 Å². The Labute approximate surface area is 130 Å². The standard InChI is InChI=1S/C15H21ClN2O3/c1-11(2)14(18(3)16)15(20)21-9-13(17-10-19)12-7-5-4-6-8-12/h4-8,10-11,13-14H,9H2,1-3H3,(H,17,19)/t13-,14+/m1/s1. The van der Waals surface area contributed by atoms with Gasteiger partial charge in [-0.2, -0.15) is 0 Å². The molecule has 1 rings (SSSR count). The number of hydrogen-bond acceptors (Lipinski definition) is 4. The van der Waals surface area contributed by atoms with Crippen molar-refractivity contribution in [3.63, 3.8) is 0 Å². The van der Waals surface area contributed by atoms with Gasteiger partial charge >= 0.3 is 5.97 Å². The summed E-state index contributed by atoms with van der Waals surface area (Å²) in [6.45, 7) is 3.85. The van der Waals surface area contributed by atoms with Gasteiger partial charge in [-0.05, 0) is 23.3 Å². The van der Waals surface area contributed by atoms with Crippen molar-refractivity contribution in [3.05, 3.63) is 35.9 Å². The third-order valence-corrected chi connectivity index (χ3v) is 3.33. The lowest BCUT2D eigenvalue weighted by molar-refractivity contribution is -0.150. The minimum atomic E-state index is -0.528. The average molecular weight is 313 g/mol. The molecular formula is C15H21ClN2O3. The number of halogens is 1. The molecule has 0 aliphatic carbocycles. The number of carbonyl (C=O) groups is 2. The maximum atomic E-state index is 12.1. The van der Waals surface area contributed by atoms with E-state index >= 15 is 0 Å². The van der Waals surface area contributed by atoms with E-state index in [0.29, 0.717) is 6.41 Å². The number of nitrogens with zero attached hydrogens (tertiary/aromatic N) is 1. The summed E-state index contributed by atoms with van der Waals surface area (Å²) in [5, 5.41) is 2.65. The Balaban J connectivity index is 2.69. The lowest BCUT2D eigenvalue weighted by atomic mass is 10.0. The molecule has 0 heterocycles. The molecule has 0 aliphatic heterocycles. The van der Waals surface area contributed by atoms with Crippen molar-refractivity contribution in [2.24, 2.45) is 5.92 Å². The van der Waals surface area contributed by atoms with Crippen molar-refractivity contribution in [2.75, 3.05) is 13.7 Å². The predicted octanol–water partition coefficient (Wildman–Crippen LogP) is 2.13. The molecule has 21 heavy (non-hydrogen) atoms. The molecule has 0 unspecified atom stereocenters. The van der Waals surface area contributed by atoms with Gasteiger partial charge in [-0.25, -0.2) is 4.42 Å². The van der Waals surface area contributed by atoms with E-state index in [-0.39, 0.29) is 18.6 Å². The molecule has 6 heteroatoms. The number of amides is 1. The molecule has 0 bridgehead atoms. The van der Waals surface area contributed by atoms with Crippen molar-refractivity contribution in [2.45, 2.75) is 25.9 Å². The summed E-state index contributed by atoms with van der Waals surface area (Å²) in [7, 11) is 1.62. The predicted molar refractivity (Wildman–Crippen MR) is 81.6 cm³/mol. The SMILES string of the molecule is CC(C)[C@@H](C(=O)OC[C@@H](NC=O)c1ccccc1)N(C)Cl. The number of likely N-dealkylation sites (N-methyl/N-ethyl adjacent to an activating group) is 1. The normalized spacial score (nSPS) is 13.8. The molecule has 0 spiro atoms. The van der Waals surface area contributed by atoms with Crippen molar-refractivity contribution >= 4 is 24.2 Å². The number of ether oxygens (including phenoxy) is 1. The fraction of sp³-hybridized carbons (Fsp3) is 0.467. The summed E-state index contributed by atoms with van der Waals surface area (Å²) in [6.07, 6.45) is 0.596. The van der Waals surface area contributed by atoms with Gasteiger partial charge in [0.2, 0.25) is 6.41 Å². The van der Waals surface area contributed by atoms with Gasteiger partial charge in [-0.3, -0.25) is 9.59 Å². The zero-order chi connectivity index (χ0) is 15.8. The highest BCUT2D eigenvalue weighted by Crippen LogP contribution is 2.16. The fourth-order valence-corrected chi connectivity index (χ4v) is 2.39. The molecular weight excluding hydrogens is 292 g/mol. The van der Waals surface area contributed by atoms with Crippen LogP contribution in [0.2, 0.25) is 0 Å². The molecule has 2 atom stereocenters. The number of esters is 1. The highest BCUT2D eigenvalue weighted by Gasteiger charge is 2.28. The van der Waals surface area contributed by atoms with E-state index in [1.54, 1.807) is 7.05 Å². The van der Waals surface area contributed by atoms with Gasteiger partial charge in [-0.15, -0.1) is 0 Å². The summed E-state index contributed by atoms with van der Waals surface area (Å²) < 4.78 is 6.63. The van der Waals surface area contributed by atoms with Crippen LogP contribution in [0, 0.1) is 5.92 Å². The molecule has 0 aromatic heterocycles. The van der Waals surface area contributed by atoms with Crippen LogP contribution in [0.25, 0.3) is 0 Å². The van der Waals surface area contributed by atoms with Crippen LogP contribution in [0.5, 0.6) is 0 Å². The number of hydrogen-bond donors (Lipinski definition) is 1. The average Bonchev–Trinajstić information content (AvgIpc) is 2.43. The second kappa shape index (κ2) is 8.64. The molecule has 5 nitrogen and oxygen atoms in total. The number of carbonyl (C=O) groups excluding carboxylic acids is 2. The maximum absolute atomic E-state index is 12.1. The fourth-order valence-electron chi connectivity index (χ4n) is 2.09. The molecule has 116 valence electrons. The molecule has 0 aliphatic rings. The Morgan fingerprint density at radius 3 is 2.48 bits per heavy atom. The smallest absolute Gasteiger partial charge is 0.325 e. The Morgan fingerprint density at radius 1 is 1.38 bits per heavy atom. The lowest BCUT2D eigenvalue weighted by Crippen LogP contribution is -2.39. The van der Waals surface area contributed by atoms with Crippen LogP contribution in [0.1, 0.15) is 25.5 Å². The molecule has 1 aromatic rings. The van der Waals surface area contributed by atoms with Gasteiger partial charge in [0.1, 0.15) is 12.6 Å². The first-order valence-corrected chi connectivity index (χ1v) is 7.11. The third kappa shape index (κ3) is 5.36. The quantitative estimate of drug-likeness (QED) is 0.454. The Morgan fingerprint density at radius 2 is 2.00 bits per heavy atom. The van der Waals surface area contributed by atoms with Crippen LogP contribution in [-0.4, -0.2) is 36.5 Å². The first kappa shape index (κ1) is 17.5. The Kier molecular flexibility index (Phi) is 7.19. The Bertz CT molecular complexity index is 443. The van der Waals surface area contributed by atoms with E-state index in [0.717, 1.165) is 5.56 Å². The summed E-state index contributed by atoms with van der Waals surface area (Å²) in [5.41, 5.74) is 0.873. The summed E-state index contributed by atoms with van der Waals surface area (Å²) in [4.78, 5) is 22.8. The minimum Gasteiger partial charge on any atom is -0.462 e. The van der Waals surface area contributed by atoms with Gasteiger partial charge in [0.15, 0.2) is 0 Å². The van der Waals surface area contributed by atoms with Crippen molar-refractivity contribution < 1.29 is 14.3 Å². The monoisotopic (exact) mass is 312 g/mol. The summed E-state index contributed by atoms with van der Waals surface area (Å²) in [5.74, 6) is -0.384. The van der Waals surface area contributed by atoms with E-state index < -0.39 is 12.0 Å². The summed E-state index contributed by atoms with van der Waals surface area (Å²) >= 11 is 5.89. The van der Waals surface area contributed by atoms with Gasteiger partial charge < -0.3 is 10.1 Å². The lowest BCUT2D eigenvalue weighted by Gasteiger charge is -2.25. The summed E-state index contributed by atoms with van der Waals surface area (Å²) in [6, 6.07) is 8.43. The van der Waals surface area contributed by atoms with Gasteiger partial charge in [0.05, 0.1) is 6.04 Å². The number of rotatable bonds is 8.